The summed E-state index contributed by atoms with van der Waals surface area (Å²) in [6, 6.07) is 6.11. The van der Waals surface area contributed by atoms with Gasteiger partial charge >= 0.3 is 0 Å². The van der Waals surface area contributed by atoms with Crippen LogP contribution in [0.2, 0.25) is 10.0 Å². The van der Waals surface area contributed by atoms with Crippen molar-refractivity contribution in [3.63, 3.8) is 0 Å². The van der Waals surface area contributed by atoms with Gasteiger partial charge in [-0.3, -0.25) is 4.99 Å². The summed E-state index contributed by atoms with van der Waals surface area (Å²) in [5, 5.41) is 4.47. The van der Waals surface area contributed by atoms with Crippen molar-refractivity contribution in [2.24, 2.45) is 4.99 Å². The van der Waals surface area contributed by atoms with Gasteiger partial charge in [0.1, 0.15) is 0 Å². The van der Waals surface area contributed by atoms with Crippen LogP contribution in [0.15, 0.2) is 23.2 Å². The maximum Gasteiger partial charge on any atom is 0.194 e. The molecule has 1 atom stereocenters. The Bertz CT molecular complexity index is 461. The van der Waals surface area contributed by atoms with Crippen molar-refractivity contribution in [3.8, 4) is 0 Å². The van der Waals surface area contributed by atoms with Crippen molar-refractivity contribution in [1.82, 2.24) is 10.2 Å². The number of hydrogen-bond acceptors (Lipinski definition) is 3. The second-order valence-corrected chi connectivity index (χ2v) is 4.79. The van der Waals surface area contributed by atoms with Gasteiger partial charge in [0.25, 0.3) is 0 Å². The number of halogens is 3. The van der Waals surface area contributed by atoms with Gasteiger partial charge in [-0.05, 0) is 17.7 Å². The van der Waals surface area contributed by atoms with E-state index >= 15 is 0 Å². The van der Waals surface area contributed by atoms with E-state index in [4.69, 9.17) is 23.2 Å². The third-order valence-electron chi connectivity index (χ3n) is 3.03. The highest BCUT2D eigenvalue weighted by atomic mass is 35.5. The van der Waals surface area contributed by atoms with Gasteiger partial charge in [-0.1, -0.05) is 29.3 Å². The summed E-state index contributed by atoms with van der Waals surface area (Å²) in [5.74, 6) is 1.01. The fourth-order valence-corrected chi connectivity index (χ4v) is 2.53. The first-order valence-electron chi connectivity index (χ1n) is 5.25. The second-order valence-electron chi connectivity index (χ2n) is 3.97. The summed E-state index contributed by atoms with van der Waals surface area (Å²) >= 11 is 11.9. The number of fused-ring (bicyclic) bond motifs is 1. The molecule has 1 aromatic rings. The van der Waals surface area contributed by atoms with Crippen LogP contribution in [0.4, 0.5) is 0 Å². The van der Waals surface area contributed by atoms with Crippen molar-refractivity contribution < 1.29 is 0 Å². The Balaban J connectivity index is 0.00000108. The molecule has 1 saturated heterocycles. The molecular formula is C11H12Cl3N3. The Kier molecular flexibility index (Phi) is 3.71. The molecule has 17 heavy (non-hydrogen) atoms. The van der Waals surface area contributed by atoms with Gasteiger partial charge in [0.2, 0.25) is 0 Å². The van der Waals surface area contributed by atoms with Crippen molar-refractivity contribution in [2.75, 3.05) is 19.6 Å². The molecule has 1 aromatic carbocycles. The maximum absolute atomic E-state index is 6.03. The first kappa shape index (κ1) is 12.8. The van der Waals surface area contributed by atoms with E-state index in [-0.39, 0.29) is 12.4 Å². The lowest BCUT2D eigenvalue weighted by Gasteiger charge is -2.22. The minimum absolute atomic E-state index is 0. The van der Waals surface area contributed by atoms with Crippen LogP contribution >= 0.6 is 35.6 Å². The van der Waals surface area contributed by atoms with Gasteiger partial charge in [0, 0.05) is 13.1 Å². The predicted molar refractivity (Wildman–Crippen MR) is 73.5 cm³/mol. The van der Waals surface area contributed by atoms with Crippen LogP contribution in [0.3, 0.4) is 0 Å². The first-order valence-corrected chi connectivity index (χ1v) is 6.01. The molecule has 0 saturated carbocycles. The normalized spacial score (nSPS) is 21.6. The molecule has 3 nitrogen and oxygen atoms in total. The molecular weight excluding hydrogens is 281 g/mol. The van der Waals surface area contributed by atoms with Gasteiger partial charge in [-0.2, -0.15) is 0 Å². The minimum Gasteiger partial charge on any atom is -0.354 e. The number of hydrogen-bond donors (Lipinski definition) is 1. The standard InChI is InChI=1S/C11H11Cl2N3.ClH/c12-8-2-1-7(5-9(8)13)10-6-15-11-14-3-4-16(10)11;/h1-2,5,10H,3-4,6H2,(H,14,15);1H. The van der Waals surface area contributed by atoms with Gasteiger partial charge < -0.3 is 10.2 Å². The quantitative estimate of drug-likeness (QED) is 0.862. The number of guanidine groups is 1. The van der Waals surface area contributed by atoms with E-state index in [0.29, 0.717) is 16.1 Å². The first-order chi connectivity index (χ1) is 7.75. The van der Waals surface area contributed by atoms with Gasteiger partial charge in [0.05, 0.1) is 22.6 Å². The molecule has 0 aromatic heterocycles. The largest absolute Gasteiger partial charge is 0.354 e. The summed E-state index contributed by atoms with van der Waals surface area (Å²) in [6.45, 7) is 2.76. The third-order valence-corrected chi connectivity index (χ3v) is 3.77. The monoisotopic (exact) mass is 291 g/mol. The zero-order valence-electron chi connectivity index (χ0n) is 8.99. The highest BCUT2D eigenvalue weighted by Gasteiger charge is 2.32. The lowest BCUT2D eigenvalue weighted by atomic mass is 10.1. The fraction of sp³-hybridized carbons (Fsp3) is 0.364. The molecule has 0 bridgehead atoms. The van der Waals surface area contributed by atoms with Gasteiger partial charge in [-0.25, -0.2) is 0 Å². The highest BCUT2D eigenvalue weighted by molar-refractivity contribution is 6.42. The summed E-state index contributed by atoms with van der Waals surface area (Å²) in [5.41, 5.74) is 1.18. The molecule has 2 aliphatic rings. The second kappa shape index (κ2) is 4.92. The zero-order valence-corrected chi connectivity index (χ0v) is 11.3. The molecule has 3 rings (SSSR count). The van der Waals surface area contributed by atoms with Gasteiger partial charge in [-0.15, -0.1) is 12.4 Å². The summed E-state index contributed by atoms with van der Waals surface area (Å²) in [7, 11) is 0. The molecule has 1 unspecified atom stereocenters. The third kappa shape index (κ3) is 2.19. The Hall–Kier alpha value is -0.640. The van der Waals surface area contributed by atoms with Crippen LogP contribution in [0.25, 0.3) is 0 Å². The van der Waals surface area contributed by atoms with E-state index in [1.807, 2.05) is 18.2 Å². The van der Waals surface area contributed by atoms with Crippen LogP contribution in [-0.4, -0.2) is 30.5 Å². The average molecular weight is 293 g/mol. The molecule has 0 aliphatic carbocycles. The molecule has 1 fully saturated rings. The molecule has 2 aliphatic heterocycles. The van der Waals surface area contributed by atoms with E-state index in [0.717, 1.165) is 25.6 Å². The Morgan fingerprint density at radius 1 is 1.29 bits per heavy atom. The van der Waals surface area contributed by atoms with Crippen LogP contribution in [-0.2, 0) is 0 Å². The maximum atomic E-state index is 6.03. The lowest BCUT2D eigenvalue weighted by Crippen LogP contribution is -2.28. The van der Waals surface area contributed by atoms with Crippen molar-refractivity contribution in [2.45, 2.75) is 6.04 Å². The fourth-order valence-electron chi connectivity index (χ4n) is 2.22. The van der Waals surface area contributed by atoms with Crippen LogP contribution in [0.1, 0.15) is 11.6 Å². The minimum atomic E-state index is 0. The molecule has 92 valence electrons. The van der Waals surface area contributed by atoms with E-state index in [1.165, 1.54) is 5.56 Å². The van der Waals surface area contributed by atoms with Gasteiger partial charge in [0.15, 0.2) is 5.96 Å². The molecule has 1 N–H and O–H groups in total. The van der Waals surface area contributed by atoms with Crippen molar-refractivity contribution in [3.05, 3.63) is 33.8 Å². The smallest absolute Gasteiger partial charge is 0.194 e. The van der Waals surface area contributed by atoms with Crippen LogP contribution < -0.4 is 5.32 Å². The van der Waals surface area contributed by atoms with E-state index < -0.39 is 0 Å². The average Bonchev–Trinajstić information content (AvgIpc) is 2.83. The molecule has 0 spiro atoms. The number of nitrogens with one attached hydrogen (secondary N) is 1. The topological polar surface area (TPSA) is 27.6 Å². The van der Waals surface area contributed by atoms with Crippen molar-refractivity contribution in [1.29, 1.82) is 0 Å². The molecule has 0 radical (unpaired) electrons. The van der Waals surface area contributed by atoms with E-state index in [1.54, 1.807) is 0 Å². The predicted octanol–water partition coefficient (Wildman–Crippen LogP) is 2.73. The number of benzene rings is 1. The Labute approximate surface area is 116 Å². The Morgan fingerprint density at radius 2 is 2.12 bits per heavy atom. The summed E-state index contributed by atoms with van der Waals surface area (Å²) in [4.78, 5) is 6.74. The van der Waals surface area contributed by atoms with Crippen molar-refractivity contribution >= 4 is 41.6 Å². The molecule has 0 amide bonds. The number of nitrogens with zero attached hydrogens (tertiary/aromatic N) is 2. The summed E-state index contributed by atoms with van der Waals surface area (Å²) in [6.07, 6.45) is 0. The molecule has 2 heterocycles. The summed E-state index contributed by atoms with van der Waals surface area (Å²) < 4.78 is 0. The Morgan fingerprint density at radius 3 is 2.88 bits per heavy atom. The zero-order chi connectivity index (χ0) is 11.1. The number of aliphatic imine (C=N–C) groups is 1. The highest BCUT2D eigenvalue weighted by Crippen LogP contribution is 2.31. The van der Waals surface area contributed by atoms with E-state index in [2.05, 4.69) is 15.2 Å². The van der Waals surface area contributed by atoms with E-state index in [9.17, 15) is 0 Å². The lowest BCUT2D eigenvalue weighted by molar-refractivity contribution is 0.381. The SMILES string of the molecule is Cl.Clc1ccc(C2CN=C3NCCN32)cc1Cl. The van der Waals surface area contributed by atoms with Crippen LogP contribution in [0, 0.1) is 0 Å². The van der Waals surface area contributed by atoms with Crippen LogP contribution in [0.5, 0.6) is 0 Å². The molecule has 6 heteroatoms. The number of rotatable bonds is 1.